The molecule has 4 atom stereocenters. The molecule has 2 fully saturated rings. The van der Waals surface area contributed by atoms with E-state index in [4.69, 9.17) is 16.2 Å². The molecule has 0 aliphatic carbocycles. The van der Waals surface area contributed by atoms with Crippen LogP contribution in [0.1, 0.15) is 12.8 Å². The van der Waals surface area contributed by atoms with Gasteiger partial charge >= 0.3 is 0 Å². The Hall–Kier alpha value is -0.120. The molecular formula is C6H12N2O. The van der Waals surface area contributed by atoms with E-state index in [-0.39, 0.29) is 24.3 Å². The Morgan fingerprint density at radius 3 is 1.67 bits per heavy atom. The van der Waals surface area contributed by atoms with Crippen LogP contribution in [0, 0.1) is 0 Å². The standard InChI is InChI=1S/C6H12N2O/c7-5-3-1-2-4(9-3)6(5)8/h3-6H,1-2,7-8H2/t3-,4-,5-,6-/m1/s1. The van der Waals surface area contributed by atoms with Gasteiger partial charge in [-0.15, -0.1) is 0 Å². The number of hydrogen-bond acceptors (Lipinski definition) is 3. The van der Waals surface area contributed by atoms with Crippen molar-refractivity contribution in [2.45, 2.75) is 37.1 Å². The van der Waals surface area contributed by atoms with E-state index in [9.17, 15) is 0 Å². The Kier molecular flexibility index (Phi) is 1.06. The molecule has 0 saturated carbocycles. The monoisotopic (exact) mass is 128 g/mol. The highest BCUT2D eigenvalue weighted by atomic mass is 16.5. The summed E-state index contributed by atoms with van der Waals surface area (Å²) in [5, 5.41) is 0. The predicted molar refractivity (Wildman–Crippen MR) is 33.8 cm³/mol. The van der Waals surface area contributed by atoms with E-state index in [1.54, 1.807) is 0 Å². The van der Waals surface area contributed by atoms with Gasteiger partial charge in [-0.25, -0.2) is 0 Å². The van der Waals surface area contributed by atoms with Crippen molar-refractivity contribution in [2.75, 3.05) is 0 Å². The van der Waals surface area contributed by atoms with E-state index in [0.717, 1.165) is 12.8 Å². The first-order chi connectivity index (χ1) is 4.29. The summed E-state index contributed by atoms with van der Waals surface area (Å²) in [6.45, 7) is 0. The molecule has 0 aromatic rings. The quantitative estimate of drug-likeness (QED) is 0.449. The van der Waals surface area contributed by atoms with Crippen LogP contribution < -0.4 is 11.5 Å². The molecule has 0 amide bonds. The van der Waals surface area contributed by atoms with Crippen LogP contribution in [-0.4, -0.2) is 24.3 Å². The highest BCUT2D eigenvalue weighted by Gasteiger charge is 2.44. The molecule has 0 aromatic carbocycles. The minimum atomic E-state index is 0.101. The summed E-state index contributed by atoms with van der Waals surface area (Å²) >= 11 is 0. The topological polar surface area (TPSA) is 61.3 Å². The third-order valence-corrected chi connectivity index (χ3v) is 2.39. The van der Waals surface area contributed by atoms with Crippen LogP contribution >= 0.6 is 0 Å². The molecule has 2 aliphatic rings. The lowest BCUT2D eigenvalue weighted by molar-refractivity contribution is 0.0980. The molecule has 0 unspecified atom stereocenters. The Labute approximate surface area is 54.3 Å². The first-order valence-corrected chi connectivity index (χ1v) is 3.45. The largest absolute Gasteiger partial charge is 0.372 e. The third-order valence-electron chi connectivity index (χ3n) is 2.39. The fraction of sp³-hybridized carbons (Fsp3) is 1.00. The van der Waals surface area contributed by atoms with Gasteiger partial charge in [0.25, 0.3) is 0 Å². The maximum absolute atomic E-state index is 5.71. The van der Waals surface area contributed by atoms with Crippen LogP contribution in [-0.2, 0) is 4.74 Å². The second-order valence-corrected chi connectivity index (χ2v) is 2.95. The van der Waals surface area contributed by atoms with Gasteiger partial charge < -0.3 is 16.2 Å². The number of fused-ring (bicyclic) bond motifs is 2. The summed E-state index contributed by atoms with van der Waals surface area (Å²) in [6, 6.07) is 0.201. The van der Waals surface area contributed by atoms with Gasteiger partial charge in [0, 0.05) is 12.1 Å². The predicted octanol–water partition coefficient (Wildman–Crippen LogP) is -0.798. The molecule has 0 radical (unpaired) electrons. The van der Waals surface area contributed by atoms with Gasteiger partial charge in [0.05, 0.1) is 12.2 Å². The van der Waals surface area contributed by atoms with Crippen molar-refractivity contribution in [3.8, 4) is 0 Å². The fourth-order valence-corrected chi connectivity index (χ4v) is 1.75. The van der Waals surface area contributed by atoms with Gasteiger partial charge in [-0.2, -0.15) is 0 Å². The van der Waals surface area contributed by atoms with Crippen molar-refractivity contribution in [1.82, 2.24) is 0 Å². The zero-order valence-corrected chi connectivity index (χ0v) is 5.29. The molecule has 2 bridgehead atoms. The average Bonchev–Trinajstić information content (AvgIpc) is 2.37. The Bertz CT molecular complexity index is 110. The van der Waals surface area contributed by atoms with Crippen LogP contribution in [0.2, 0.25) is 0 Å². The van der Waals surface area contributed by atoms with Crippen molar-refractivity contribution >= 4 is 0 Å². The van der Waals surface area contributed by atoms with Gasteiger partial charge in [0.2, 0.25) is 0 Å². The minimum absolute atomic E-state index is 0.101. The molecule has 52 valence electrons. The van der Waals surface area contributed by atoms with E-state index >= 15 is 0 Å². The summed E-state index contributed by atoms with van der Waals surface area (Å²) in [4.78, 5) is 0. The zero-order valence-electron chi connectivity index (χ0n) is 5.29. The lowest BCUT2D eigenvalue weighted by Crippen LogP contribution is -2.49. The van der Waals surface area contributed by atoms with E-state index in [0.29, 0.717) is 0 Å². The van der Waals surface area contributed by atoms with Gasteiger partial charge in [0.15, 0.2) is 0 Å². The van der Waals surface area contributed by atoms with E-state index in [2.05, 4.69) is 0 Å². The zero-order chi connectivity index (χ0) is 6.43. The Balaban J connectivity index is 2.15. The summed E-state index contributed by atoms with van der Waals surface area (Å²) < 4.78 is 5.45. The first kappa shape index (κ1) is 5.65. The first-order valence-electron chi connectivity index (χ1n) is 3.45. The third kappa shape index (κ3) is 0.625. The number of nitrogens with two attached hydrogens (primary N) is 2. The highest BCUT2D eigenvalue weighted by Crippen LogP contribution is 2.32. The normalized spacial score (nSPS) is 56.7. The molecule has 2 aliphatic heterocycles. The lowest BCUT2D eigenvalue weighted by Gasteiger charge is -2.19. The average molecular weight is 128 g/mol. The molecular weight excluding hydrogens is 116 g/mol. The van der Waals surface area contributed by atoms with E-state index < -0.39 is 0 Å². The summed E-state index contributed by atoms with van der Waals surface area (Å²) in [5.74, 6) is 0. The molecule has 2 saturated heterocycles. The Morgan fingerprint density at radius 1 is 1.00 bits per heavy atom. The molecule has 0 aromatic heterocycles. The van der Waals surface area contributed by atoms with Crippen LogP contribution in [0.4, 0.5) is 0 Å². The number of ether oxygens (including phenoxy) is 1. The van der Waals surface area contributed by atoms with Gasteiger partial charge in [-0.1, -0.05) is 0 Å². The van der Waals surface area contributed by atoms with Crippen LogP contribution in [0.5, 0.6) is 0 Å². The van der Waals surface area contributed by atoms with Gasteiger partial charge in [-0.3, -0.25) is 0 Å². The lowest BCUT2D eigenvalue weighted by atomic mass is 9.92. The second-order valence-electron chi connectivity index (χ2n) is 2.95. The molecule has 4 N–H and O–H groups in total. The molecule has 3 nitrogen and oxygen atoms in total. The molecule has 9 heavy (non-hydrogen) atoms. The summed E-state index contributed by atoms with van der Waals surface area (Å²) in [5.41, 5.74) is 11.4. The van der Waals surface area contributed by atoms with E-state index in [1.165, 1.54) is 0 Å². The maximum atomic E-state index is 5.71. The highest BCUT2D eigenvalue weighted by molar-refractivity contribution is 5.01. The molecule has 2 rings (SSSR count). The van der Waals surface area contributed by atoms with E-state index in [1.807, 2.05) is 0 Å². The number of rotatable bonds is 0. The van der Waals surface area contributed by atoms with Gasteiger partial charge in [0.1, 0.15) is 0 Å². The van der Waals surface area contributed by atoms with Crippen molar-refractivity contribution in [3.05, 3.63) is 0 Å². The maximum Gasteiger partial charge on any atom is 0.0747 e. The van der Waals surface area contributed by atoms with Gasteiger partial charge in [-0.05, 0) is 12.8 Å². The van der Waals surface area contributed by atoms with Crippen LogP contribution in [0.3, 0.4) is 0 Å². The minimum Gasteiger partial charge on any atom is -0.372 e. The van der Waals surface area contributed by atoms with Crippen LogP contribution in [0.15, 0.2) is 0 Å². The van der Waals surface area contributed by atoms with Crippen molar-refractivity contribution < 1.29 is 4.74 Å². The summed E-state index contributed by atoms with van der Waals surface area (Å²) in [6.07, 6.45) is 2.76. The SMILES string of the molecule is N[C@H]1[C@H](N)[C@H]2CC[C@H]1O2. The molecule has 3 heteroatoms. The number of hydrogen-bond donors (Lipinski definition) is 2. The Morgan fingerprint density at radius 2 is 1.44 bits per heavy atom. The van der Waals surface area contributed by atoms with Crippen molar-refractivity contribution in [1.29, 1.82) is 0 Å². The fourth-order valence-electron chi connectivity index (χ4n) is 1.75. The summed E-state index contributed by atoms with van der Waals surface area (Å²) in [7, 11) is 0. The second kappa shape index (κ2) is 1.68. The van der Waals surface area contributed by atoms with Crippen LogP contribution in [0.25, 0.3) is 0 Å². The van der Waals surface area contributed by atoms with Crippen molar-refractivity contribution in [3.63, 3.8) is 0 Å². The molecule has 0 spiro atoms. The van der Waals surface area contributed by atoms with Crippen molar-refractivity contribution in [2.24, 2.45) is 11.5 Å². The smallest absolute Gasteiger partial charge is 0.0747 e. The molecule has 2 heterocycles.